The summed E-state index contributed by atoms with van der Waals surface area (Å²) in [4.78, 5) is 0. The highest BCUT2D eigenvalue weighted by Gasteiger charge is 2.58. The summed E-state index contributed by atoms with van der Waals surface area (Å²) in [5.74, 6) is 3.15. The standard InChI is InChI=1S/C19H32O4S/c1-18-9-3-4-16(18)15-6-5-13-12-14(23-24(20,21)22)7-11-19(13,2)17(15)8-10-18/h13-17H,3-12H2,1-2H3,(H,20,21,22). The molecule has 1 N–H and O–H groups in total. The van der Waals surface area contributed by atoms with Crippen molar-refractivity contribution in [2.45, 2.75) is 84.2 Å². The van der Waals surface area contributed by atoms with E-state index in [9.17, 15) is 8.42 Å². The molecule has 0 aromatic rings. The highest BCUT2D eigenvalue weighted by Crippen LogP contribution is 2.66. The molecule has 0 aromatic carbocycles. The third-order valence-electron chi connectivity index (χ3n) is 8.66. The van der Waals surface area contributed by atoms with Gasteiger partial charge in [-0.3, -0.25) is 4.55 Å². The molecule has 0 amide bonds. The van der Waals surface area contributed by atoms with Crippen LogP contribution in [-0.4, -0.2) is 19.1 Å². The third-order valence-corrected chi connectivity index (χ3v) is 9.17. The molecule has 7 atom stereocenters. The van der Waals surface area contributed by atoms with E-state index in [1.165, 1.54) is 44.9 Å². The van der Waals surface area contributed by atoms with E-state index in [4.69, 9.17) is 8.74 Å². The van der Waals surface area contributed by atoms with E-state index in [2.05, 4.69) is 13.8 Å². The van der Waals surface area contributed by atoms with Gasteiger partial charge in [0.25, 0.3) is 0 Å². The lowest BCUT2D eigenvalue weighted by Gasteiger charge is -2.60. The normalized spacial score (nSPS) is 51.5. The Kier molecular flexibility index (Phi) is 4.10. The van der Waals surface area contributed by atoms with Gasteiger partial charge in [-0.1, -0.05) is 20.3 Å². The largest absolute Gasteiger partial charge is 0.397 e. The van der Waals surface area contributed by atoms with E-state index in [0.29, 0.717) is 16.7 Å². The second kappa shape index (κ2) is 5.68. The third kappa shape index (κ3) is 2.75. The van der Waals surface area contributed by atoms with Crippen molar-refractivity contribution in [2.75, 3.05) is 0 Å². The summed E-state index contributed by atoms with van der Waals surface area (Å²) in [5.41, 5.74) is 0.932. The van der Waals surface area contributed by atoms with Gasteiger partial charge in [-0.05, 0) is 92.3 Å². The lowest BCUT2D eigenvalue weighted by molar-refractivity contribution is -0.118. The minimum Gasteiger partial charge on any atom is -0.264 e. The zero-order valence-corrected chi connectivity index (χ0v) is 15.9. The molecule has 4 aliphatic carbocycles. The van der Waals surface area contributed by atoms with Crippen molar-refractivity contribution < 1.29 is 17.2 Å². The maximum absolute atomic E-state index is 11.1. The number of fused-ring (bicyclic) bond motifs is 5. The Morgan fingerprint density at radius 3 is 2.50 bits per heavy atom. The van der Waals surface area contributed by atoms with Crippen molar-refractivity contribution >= 4 is 10.4 Å². The minimum absolute atomic E-state index is 0.324. The molecule has 0 saturated heterocycles. The summed E-state index contributed by atoms with van der Waals surface area (Å²) in [5, 5.41) is 0. The summed E-state index contributed by atoms with van der Waals surface area (Å²) in [7, 11) is -4.32. The minimum atomic E-state index is -4.32. The van der Waals surface area contributed by atoms with E-state index in [1.807, 2.05) is 0 Å². The quantitative estimate of drug-likeness (QED) is 0.734. The van der Waals surface area contributed by atoms with Crippen LogP contribution in [0.3, 0.4) is 0 Å². The molecule has 0 aromatic heterocycles. The van der Waals surface area contributed by atoms with Gasteiger partial charge in [0, 0.05) is 0 Å². The fourth-order valence-electron chi connectivity index (χ4n) is 7.47. The molecule has 0 radical (unpaired) electrons. The Balaban J connectivity index is 1.52. The molecule has 24 heavy (non-hydrogen) atoms. The highest BCUT2D eigenvalue weighted by atomic mass is 32.3. The van der Waals surface area contributed by atoms with E-state index < -0.39 is 10.4 Å². The van der Waals surface area contributed by atoms with Gasteiger partial charge in [0.1, 0.15) is 0 Å². The Morgan fingerprint density at radius 1 is 0.958 bits per heavy atom. The first-order valence-electron chi connectivity index (χ1n) is 9.87. The molecular formula is C19H32O4S. The molecule has 4 rings (SSSR count). The number of hydrogen-bond acceptors (Lipinski definition) is 3. The molecule has 0 spiro atoms. The van der Waals surface area contributed by atoms with Crippen LogP contribution in [0.4, 0.5) is 0 Å². The van der Waals surface area contributed by atoms with Gasteiger partial charge < -0.3 is 0 Å². The van der Waals surface area contributed by atoms with Crippen LogP contribution in [0.5, 0.6) is 0 Å². The van der Waals surface area contributed by atoms with Crippen molar-refractivity contribution in [1.82, 2.24) is 0 Å². The summed E-state index contributed by atoms with van der Waals surface area (Å²) in [6, 6.07) is 0. The van der Waals surface area contributed by atoms with E-state index in [0.717, 1.165) is 37.0 Å². The first-order chi connectivity index (χ1) is 11.2. The molecule has 4 aliphatic rings. The van der Waals surface area contributed by atoms with Crippen molar-refractivity contribution in [3.63, 3.8) is 0 Å². The summed E-state index contributed by atoms with van der Waals surface area (Å²) < 4.78 is 36.0. The molecule has 0 bridgehead atoms. The van der Waals surface area contributed by atoms with Gasteiger partial charge in [0.05, 0.1) is 6.10 Å². The zero-order chi connectivity index (χ0) is 17.2. The lowest BCUT2D eigenvalue weighted by atomic mass is 9.45. The first-order valence-corrected chi connectivity index (χ1v) is 11.2. The Labute approximate surface area is 146 Å². The van der Waals surface area contributed by atoms with E-state index in [-0.39, 0.29) is 6.10 Å². The highest BCUT2D eigenvalue weighted by molar-refractivity contribution is 7.80. The fraction of sp³-hybridized carbons (Fsp3) is 1.00. The van der Waals surface area contributed by atoms with Crippen LogP contribution in [0.15, 0.2) is 0 Å². The summed E-state index contributed by atoms with van der Waals surface area (Å²) in [6.45, 7) is 5.00. The van der Waals surface area contributed by atoms with Crippen LogP contribution in [-0.2, 0) is 14.6 Å². The Hall–Kier alpha value is -0.130. The van der Waals surface area contributed by atoms with Crippen LogP contribution in [0, 0.1) is 34.5 Å². The zero-order valence-electron chi connectivity index (χ0n) is 15.0. The molecule has 7 unspecified atom stereocenters. The van der Waals surface area contributed by atoms with Gasteiger partial charge in [0.2, 0.25) is 0 Å². The van der Waals surface area contributed by atoms with Gasteiger partial charge in [-0.25, -0.2) is 4.18 Å². The number of hydrogen-bond donors (Lipinski definition) is 1. The van der Waals surface area contributed by atoms with Crippen molar-refractivity contribution in [3.05, 3.63) is 0 Å². The lowest BCUT2D eigenvalue weighted by Crippen LogP contribution is -2.53. The predicted octanol–water partition coefficient (Wildman–Crippen LogP) is 4.61. The molecule has 5 heteroatoms. The smallest absolute Gasteiger partial charge is 0.264 e. The van der Waals surface area contributed by atoms with Gasteiger partial charge in [-0.2, -0.15) is 8.42 Å². The molecule has 0 aliphatic heterocycles. The summed E-state index contributed by atoms with van der Waals surface area (Å²) >= 11 is 0. The monoisotopic (exact) mass is 356 g/mol. The second-order valence-corrected chi connectivity index (χ2v) is 10.7. The van der Waals surface area contributed by atoms with Crippen LogP contribution in [0.2, 0.25) is 0 Å². The average Bonchev–Trinajstić information content (AvgIpc) is 2.88. The fourth-order valence-corrected chi connectivity index (χ4v) is 7.99. The van der Waals surface area contributed by atoms with E-state index in [1.54, 1.807) is 0 Å². The van der Waals surface area contributed by atoms with Gasteiger partial charge in [0.15, 0.2) is 0 Å². The maximum atomic E-state index is 11.1. The van der Waals surface area contributed by atoms with Crippen LogP contribution < -0.4 is 0 Å². The second-order valence-electron chi connectivity index (χ2n) is 9.66. The van der Waals surface area contributed by atoms with Crippen LogP contribution >= 0.6 is 0 Å². The van der Waals surface area contributed by atoms with E-state index >= 15 is 0 Å². The molecule has 4 saturated carbocycles. The maximum Gasteiger partial charge on any atom is 0.397 e. The molecule has 4 fully saturated rings. The van der Waals surface area contributed by atoms with Crippen LogP contribution in [0.1, 0.15) is 78.1 Å². The molecule has 0 heterocycles. The van der Waals surface area contributed by atoms with Gasteiger partial charge >= 0.3 is 10.4 Å². The predicted molar refractivity (Wildman–Crippen MR) is 92.8 cm³/mol. The Bertz CT molecular complexity index is 602. The molecule has 4 nitrogen and oxygen atoms in total. The van der Waals surface area contributed by atoms with Crippen molar-refractivity contribution in [1.29, 1.82) is 0 Å². The number of rotatable bonds is 2. The average molecular weight is 357 g/mol. The Morgan fingerprint density at radius 2 is 1.75 bits per heavy atom. The SMILES string of the molecule is CC12CCCC1C1CCC3CC(OS(=O)(=O)O)CCC3(C)C1CC2. The van der Waals surface area contributed by atoms with Crippen LogP contribution in [0.25, 0.3) is 0 Å². The summed E-state index contributed by atoms with van der Waals surface area (Å²) in [6.07, 6.45) is 11.8. The topological polar surface area (TPSA) is 63.6 Å². The van der Waals surface area contributed by atoms with Gasteiger partial charge in [-0.15, -0.1) is 0 Å². The molecule has 138 valence electrons. The van der Waals surface area contributed by atoms with Crippen molar-refractivity contribution in [2.24, 2.45) is 34.5 Å². The molecular weight excluding hydrogens is 324 g/mol. The van der Waals surface area contributed by atoms with Crippen molar-refractivity contribution in [3.8, 4) is 0 Å². The first kappa shape index (κ1) is 17.3.